The molecule has 2 N–H and O–H groups in total. The zero-order chi connectivity index (χ0) is 18.3. The minimum atomic E-state index is -3.71. The Kier molecular flexibility index (Phi) is 6.81. The van der Waals surface area contributed by atoms with Crippen LogP contribution in [0, 0.1) is 0 Å². The number of benzene rings is 2. The number of halogens is 1. The summed E-state index contributed by atoms with van der Waals surface area (Å²) in [5.74, 6) is 0.249. The average molecular weight is 383 g/mol. The third kappa shape index (κ3) is 5.74. The van der Waals surface area contributed by atoms with E-state index in [2.05, 4.69) is 10.0 Å². The highest BCUT2D eigenvalue weighted by Crippen LogP contribution is 2.23. The molecular weight excluding hydrogens is 364 g/mol. The summed E-state index contributed by atoms with van der Waals surface area (Å²) < 4.78 is 32.1. The highest BCUT2D eigenvalue weighted by atomic mass is 35.5. The molecule has 134 valence electrons. The van der Waals surface area contributed by atoms with Crippen LogP contribution < -0.4 is 14.8 Å². The van der Waals surface area contributed by atoms with Crippen LogP contribution in [0.3, 0.4) is 0 Å². The summed E-state index contributed by atoms with van der Waals surface area (Å²) in [6, 6.07) is 13.0. The van der Waals surface area contributed by atoms with Crippen molar-refractivity contribution in [3.8, 4) is 5.75 Å². The maximum Gasteiger partial charge on any atom is 0.240 e. The molecule has 6 nitrogen and oxygen atoms in total. The Labute approximate surface area is 152 Å². The molecule has 0 aliphatic rings. The number of anilines is 1. The smallest absolute Gasteiger partial charge is 0.240 e. The van der Waals surface area contributed by atoms with Gasteiger partial charge >= 0.3 is 0 Å². The molecule has 0 saturated carbocycles. The van der Waals surface area contributed by atoms with Gasteiger partial charge in [-0.15, -0.1) is 0 Å². The van der Waals surface area contributed by atoms with Crippen LogP contribution in [0.1, 0.15) is 13.3 Å². The normalized spacial score (nSPS) is 11.1. The molecule has 8 heteroatoms. The Morgan fingerprint density at radius 2 is 1.92 bits per heavy atom. The summed E-state index contributed by atoms with van der Waals surface area (Å²) >= 11 is 5.80. The molecule has 0 unspecified atom stereocenters. The van der Waals surface area contributed by atoms with Crippen LogP contribution in [0.25, 0.3) is 0 Å². The van der Waals surface area contributed by atoms with E-state index in [1.165, 1.54) is 12.1 Å². The van der Waals surface area contributed by atoms with E-state index in [-0.39, 0.29) is 23.8 Å². The first-order valence-corrected chi connectivity index (χ1v) is 9.55. The highest BCUT2D eigenvalue weighted by Gasteiger charge is 2.15. The third-order valence-electron chi connectivity index (χ3n) is 3.21. The molecule has 0 radical (unpaired) electrons. The van der Waals surface area contributed by atoms with Crippen LogP contribution in [0.5, 0.6) is 5.75 Å². The second-order valence-corrected chi connectivity index (χ2v) is 7.29. The third-order valence-corrected chi connectivity index (χ3v) is 4.91. The molecule has 0 spiro atoms. The van der Waals surface area contributed by atoms with Crippen molar-refractivity contribution in [2.75, 3.05) is 18.5 Å². The average Bonchev–Trinajstić information content (AvgIpc) is 2.57. The Bertz CT molecular complexity index is 840. The molecule has 2 aromatic carbocycles. The van der Waals surface area contributed by atoms with E-state index in [1.54, 1.807) is 36.4 Å². The number of hydrogen-bond donors (Lipinski definition) is 2. The molecule has 0 heterocycles. The van der Waals surface area contributed by atoms with Gasteiger partial charge in [0, 0.05) is 18.0 Å². The number of carbonyl (C=O) groups excluding carboxylic acids is 1. The number of rotatable bonds is 8. The molecule has 0 atom stereocenters. The van der Waals surface area contributed by atoms with Crippen molar-refractivity contribution >= 4 is 33.2 Å². The Balaban J connectivity index is 1.90. The standard InChI is InChI=1S/C17H19ClN2O4S/c1-2-24-16-9-4-3-8-15(16)20-17(21)10-11-19-25(22,23)14-7-5-6-13(18)12-14/h3-9,12,19H,2,10-11H2,1H3,(H,20,21). The Hall–Kier alpha value is -2.09. The van der Waals surface area contributed by atoms with Crippen molar-refractivity contribution in [3.63, 3.8) is 0 Å². The fourth-order valence-corrected chi connectivity index (χ4v) is 3.41. The van der Waals surface area contributed by atoms with Gasteiger partial charge in [-0.3, -0.25) is 4.79 Å². The first-order valence-electron chi connectivity index (χ1n) is 7.69. The summed E-state index contributed by atoms with van der Waals surface area (Å²) in [6.45, 7) is 2.30. The molecule has 0 aliphatic carbocycles. The molecule has 2 rings (SSSR count). The maximum absolute atomic E-state index is 12.1. The van der Waals surface area contributed by atoms with Crippen molar-refractivity contribution in [2.45, 2.75) is 18.2 Å². The Morgan fingerprint density at radius 3 is 2.64 bits per heavy atom. The molecule has 0 aromatic heterocycles. The zero-order valence-electron chi connectivity index (χ0n) is 13.7. The molecular formula is C17H19ClN2O4S. The van der Waals surface area contributed by atoms with Crippen LogP contribution >= 0.6 is 11.6 Å². The van der Waals surface area contributed by atoms with Gasteiger partial charge in [-0.25, -0.2) is 13.1 Å². The van der Waals surface area contributed by atoms with Gasteiger partial charge in [0.05, 0.1) is 17.2 Å². The van der Waals surface area contributed by atoms with Gasteiger partial charge in [0.2, 0.25) is 15.9 Å². The van der Waals surface area contributed by atoms with Gasteiger partial charge < -0.3 is 10.1 Å². The van der Waals surface area contributed by atoms with E-state index >= 15 is 0 Å². The van der Waals surface area contributed by atoms with Crippen LogP contribution in [0.2, 0.25) is 5.02 Å². The number of para-hydroxylation sites is 2. The van der Waals surface area contributed by atoms with Crippen LogP contribution in [0.15, 0.2) is 53.4 Å². The number of ether oxygens (including phenoxy) is 1. The van der Waals surface area contributed by atoms with Crippen LogP contribution in [-0.2, 0) is 14.8 Å². The van der Waals surface area contributed by atoms with Gasteiger partial charge in [-0.1, -0.05) is 29.8 Å². The quantitative estimate of drug-likeness (QED) is 0.734. The molecule has 0 saturated heterocycles. The zero-order valence-corrected chi connectivity index (χ0v) is 15.2. The maximum atomic E-state index is 12.1. The second kappa shape index (κ2) is 8.84. The lowest BCUT2D eigenvalue weighted by atomic mass is 10.3. The van der Waals surface area contributed by atoms with Gasteiger partial charge in [0.15, 0.2) is 0 Å². The number of nitrogens with one attached hydrogen (secondary N) is 2. The van der Waals surface area contributed by atoms with E-state index in [1.807, 2.05) is 6.92 Å². The van der Waals surface area contributed by atoms with E-state index in [4.69, 9.17) is 16.3 Å². The van der Waals surface area contributed by atoms with Gasteiger partial charge in [-0.05, 0) is 37.3 Å². The minimum Gasteiger partial charge on any atom is -0.492 e. The van der Waals surface area contributed by atoms with Crippen molar-refractivity contribution in [3.05, 3.63) is 53.6 Å². The van der Waals surface area contributed by atoms with Gasteiger partial charge in [0.1, 0.15) is 5.75 Å². The van der Waals surface area contributed by atoms with E-state index in [0.29, 0.717) is 23.1 Å². The fraction of sp³-hybridized carbons (Fsp3) is 0.235. The summed E-state index contributed by atoms with van der Waals surface area (Å²) in [5.41, 5.74) is 0.548. The molecule has 0 bridgehead atoms. The van der Waals surface area contributed by atoms with Crippen molar-refractivity contribution in [1.29, 1.82) is 0 Å². The number of hydrogen-bond acceptors (Lipinski definition) is 4. The molecule has 1 amide bonds. The van der Waals surface area contributed by atoms with Crippen molar-refractivity contribution < 1.29 is 17.9 Å². The highest BCUT2D eigenvalue weighted by molar-refractivity contribution is 7.89. The Morgan fingerprint density at radius 1 is 1.16 bits per heavy atom. The molecule has 25 heavy (non-hydrogen) atoms. The summed E-state index contributed by atoms with van der Waals surface area (Å²) in [5, 5.41) is 3.04. The largest absolute Gasteiger partial charge is 0.492 e. The van der Waals surface area contributed by atoms with Gasteiger partial charge in [0.25, 0.3) is 0 Å². The SMILES string of the molecule is CCOc1ccccc1NC(=O)CCNS(=O)(=O)c1cccc(Cl)c1. The summed E-state index contributed by atoms with van der Waals surface area (Å²) in [7, 11) is -3.71. The van der Waals surface area contributed by atoms with Crippen molar-refractivity contribution in [1.82, 2.24) is 4.72 Å². The van der Waals surface area contributed by atoms with E-state index in [0.717, 1.165) is 0 Å². The lowest BCUT2D eigenvalue weighted by Crippen LogP contribution is -2.27. The predicted molar refractivity (Wildman–Crippen MR) is 97.5 cm³/mol. The monoisotopic (exact) mass is 382 g/mol. The predicted octanol–water partition coefficient (Wildman–Crippen LogP) is 3.05. The van der Waals surface area contributed by atoms with Crippen molar-refractivity contribution in [2.24, 2.45) is 0 Å². The summed E-state index contributed by atoms with van der Waals surface area (Å²) in [6.07, 6.45) is -0.0136. The molecule has 0 aliphatic heterocycles. The first kappa shape index (κ1) is 19.2. The fourth-order valence-electron chi connectivity index (χ4n) is 2.08. The minimum absolute atomic E-state index is 0.0136. The molecule has 2 aromatic rings. The van der Waals surface area contributed by atoms with Crippen LogP contribution in [0.4, 0.5) is 5.69 Å². The topological polar surface area (TPSA) is 84.5 Å². The summed E-state index contributed by atoms with van der Waals surface area (Å²) in [4.78, 5) is 12.1. The van der Waals surface area contributed by atoms with E-state index in [9.17, 15) is 13.2 Å². The number of amides is 1. The number of carbonyl (C=O) groups is 1. The number of sulfonamides is 1. The lowest BCUT2D eigenvalue weighted by Gasteiger charge is -2.11. The lowest BCUT2D eigenvalue weighted by molar-refractivity contribution is -0.116. The van der Waals surface area contributed by atoms with Gasteiger partial charge in [-0.2, -0.15) is 0 Å². The van der Waals surface area contributed by atoms with E-state index < -0.39 is 10.0 Å². The second-order valence-electron chi connectivity index (χ2n) is 5.08. The first-order chi connectivity index (χ1) is 11.9. The van der Waals surface area contributed by atoms with Crippen LogP contribution in [-0.4, -0.2) is 27.5 Å². The molecule has 0 fully saturated rings.